The number of aliphatic carboxylic acids is 1. The first-order valence-electron chi connectivity index (χ1n) is 4.78. The van der Waals surface area contributed by atoms with Crippen LogP contribution in [0.3, 0.4) is 0 Å². The van der Waals surface area contributed by atoms with E-state index < -0.39 is 17.9 Å². The minimum absolute atomic E-state index is 0.0899. The Morgan fingerprint density at radius 3 is 2.31 bits per heavy atom. The maximum absolute atomic E-state index is 11.5. The Labute approximate surface area is 92.7 Å². The van der Waals surface area contributed by atoms with Crippen molar-refractivity contribution in [2.75, 3.05) is 0 Å². The standard InChI is InChI=1S/C11H13NO4/c1-7(11(15)16)12-10(14)9-4-2-8(6-13)3-5-9/h2-5,7,13H,6H2,1H3,(H,12,14)(H,15,16). The SMILES string of the molecule is CC(NC(=O)c1ccc(CO)cc1)C(=O)O. The second kappa shape index (κ2) is 5.27. The van der Waals surface area contributed by atoms with Crippen molar-refractivity contribution >= 4 is 11.9 Å². The lowest BCUT2D eigenvalue weighted by atomic mass is 10.1. The van der Waals surface area contributed by atoms with Crippen LogP contribution in [0.2, 0.25) is 0 Å². The normalized spacial score (nSPS) is 11.9. The van der Waals surface area contributed by atoms with Gasteiger partial charge in [0.05, 0.1) is 6.61 Å². The van der Waals surface area contributed by atoms with Gasteiger partial charge in [-0.05, 0) is 24.6 Å². The van der Waals surface area contributed by atoms with Crippen LogP contribution in [0.5, 0.6) is 0 Å². The highest BCUT2D eigenvalue weighted by Crippen LogP contribution is 2.04. The van der Waals surface area contributed by atoms with Gasteiger partial charge in [-0.1, -0.05) is 12.1 Å². The van der Waals surface area contributed by atoms with Gasteiger partial charge in [0.15, 0.2) is 0 Å². The van der Waals surface area contributed by atoms with Crippen molar-refractivity contribution in [1.82, 2.24) is 5.32 Å². The summed E-state index contributed by atoms with van der Waals surface area (Å²) in [5.41, 5.74) is 1.06. The maximum atomic E-state index is 11.5. The summed E-state index contributed by atoms with van der Waals surface area (Å²) in [5, 5.41) is 19.8. The van der Waals surface area contributed by atoms with E-state index in [1.165, 1.54) is 19.1 Å². The summed E-state index contributed by atoms with van der Waals surface area (Å²) in [5.74, 6) is -1.53. The molecule has 0 radical (unpaired) electrons. The predicted octanol–water partition coefficient (Wildman–Crippen LogP) is 0.382. The zero-order valence-corrected chi connectivity index (χ0v) is 8.80. The third kappa shape index (κ3) is 3.06. The minimum Gasteiger partial charge on any atom is -0.480 e. The molecule has 0 aliphatic carbocycles. The Bertz CT molecular complexity index is 385. The third-order valence-electron chi connectivity index (χ3n) is 2.12. The predicted molar refractivity (Wildman–Crippen MR) is 56.9 cm³/mol. The Hall–Kier alpha value is -1.88. The monoisotopic (exact) mass is 223 g/mol. The molecule has 1 unspecified atom stereocenters. The van der Waals surface area contributed by atoms with Crippen LogP contribution in [0.15, 0.2) is 24.3 Å². The van der Waals surface area contributed by atoms with Gasteiger partial charge < -0.3 is 15.5 Å². The smallest absolute Gasteiger partial charge is 0.325 e. The van der Waals surface area contributed by atoms with Crippen molar-refractivity contribution < 1.29 is 19.8 Å². The second-order valence-corrected chi connectivity index (χ2v) is 3.39. The highest BCUT2D eigenvalue weighted by molar-refractivity contribution is 5.96. The van der Waals surface area contributed by atoms with E-state index in [0.29, 0.717) is 11.1 Å². The molecule has 0 bridgehead atoms. The van der Waals surface area contributed by atoms with Gasteiger partial charge >= 0.3 is 5.97 Å². The van der Waals surface area contributed by atoms with E-state index in [-0.39, 0.29) is 6.61 Å². The molecule has 16 heavy (non-hydrogen) atoms. The minimum atomic E-state index is -1.08. The summed E-state index contributed by atoms with van der Waals surface area (Å²) < 4.78 is 0. The van der Waals surface area contributed by atoms with Crippen molar-refractivity contribution in [3.63, 3.8) is 0 Å². The molecule has 0 aliphatic rings. The Morgan fingerprint density at radius 2 is 1.88 bits per heavy atom. The molecule has 5 heteroatoms. The molecule has 0 heterocycles. The van der Waals surface area contributed by atoms with Crippen LogP contribution in [0, 0.1) is 0 Å². The van der Waals surface area contributed by atoms with Gasteiger partial charge in [0.1, 0.15) is 6.04 Å². The number of amides is 1. The van der Waals surface area contributed by atoms with Crippen molar-refractivity contribution in [2.45, 2.75) is 19.6 Å². The molecule has 1 amide bonds. The molecule has 1 aromatic carbocycles. The average Bonchev–Trinajstić information content (AvgIpc) is 2.28. The molecule has 1 atom stereocenters. The van der Waals surface area contributed by atoms with E-state index in [1.807, 2.05) is 0 Å². The lowest BCUT2D eigenvalue weighted by Gasteiger charge is -2.09. The van der Waals surface area contributed by atoms with Crippen LogP contribution >= 0.6 is 0 Å². The first kappa shape index (κ1) is 12.2. The van der Waals surface area contributed by atoms with Gasteiger partial charge in [0, 0.05) is 5.56 Å². The number of nitrogens with one attached hydrogen (secondary N) is 1. The number of aliphatic hydroxyl groups is 1. The second-order valence-electron chi connectivity index (χ2n) is 3.39. The van der Waals surface area contributed by atoms with Crippen molar-refractivity contribution in [1.29, 1.82) is 0 Å². The molecule has 0 spiro atoms. The maximum Gasteiger partial charge on any atom is 0.325 e. The Kier molecular flexibility index (Phi) is 4.02. The fourth-order valence-corrected chi connectivity index (χ4v) is 1.10. The molecule has 0 aliphatic heterocycles. The zero-order valence-electron chi connectivity index (χ0n) is 8.80. The number of aliphatic hydroxyl groups excluding tert-OH is 1. The van der Waals surface area contributed by atoms with Crippen LogP contribution in [-0.4, -0.2) is 28.1 Å². The first-order chi connectivity index (χ1) is 7.54. The Balaban J connectivity index is 2.69. The quantitative estimate of drug-likeness (QED) is 0.688. The molecule has 0 saturated carbocycles. The third-order valence-corrected chi connectivity index (χ3v) is 2.12. The van der Waals surface area contributed by atoms with Gasteiger partial charge in [-0.2, -0.15) is 0 Å². The van der Waals surface area contributed by atoms with Gasteiger partial charge in [-0.3, -0.25) is 9.59 Å². The van der Waals surface area contributed by atoms with Crippen LogP contribution < -0.4 is 5.32 Å². The number of hydrogen-bond acceptors (Lipinski definition) is 3. The lowest BCUT2D eigenvalue weighted by Crippen LogP contribution is -2.38. The number of carbonyl (C=O) groups is 2. The van der Waals surface area contributed by atoms with Gasteiger partial charge in [0.25, 0.3) is 5.91 Å². The summed E-state index contributed by atoms with van der Waals surface area (Å²) in [4.78, 5) is 22.0. The summed E-state index contributed by atoms with van der Waals surface area (Å²) in [6.07, 6.45) is 0. The molecule has 0 fully saturated rings. The number of carbonyl (C=O) groups excluding carboxylic acids is 1. The lowest BCUT2D eigenvalue weighted by molar-refractivity contribution is -0.138. The summed E-state index contributed by atoms with van der Waals surface area (Å²) >= 11 is 0. The number of hydrogen-bond donors (Lipinski definition) is 3. The van der Waals surface area contributed by atoms with E-state index in [2.05, 4.69) is 5.32 Å². The van der Waals surface area contributed by atoms with Crippen LogP contribution in [0.25, 0.3) is 0 Å². The highest BCUT2D eigenvalue weighted by atomic mass is 16.4. The molecule has 1 aromatic rings. The molecule has 1 rings (SSSR count). The largest absolute Gasteiger partial charge is 0.480 e. The van der Waals surface area contributed by atoms with Crippen LogP contribution in [-0.2, 0) is 11.4 Å². The molecule has 3 N–H and O–H groups in total. The number of carboxylic acids is 1. The number of benzene rings is 1. The van der Waals surface area contributed by atoms with Crippen molar-refractivity contribution in [3.8, 4) is 0 Å². The van der Waals surface area contributed by atoms with Crippen molar-refractivity contribution in [3.05, 3.63) is 35.4 Å². The molecule has 0 aromatic heterocycles. The van der Waals surface area contributed by atoms with Gasteiger partial charge in [-0.15, -0.1) is 0 Å². The van der Waals surface area contributed by atoms with Gasteiger partial charge in [-0.25, -0.2) is 0 Å². The summed E-state index contributed by atoms with van der Waals surface area (Å²) in [6.45, 7) is 1.30. The molecule has 86 valence electrons. The van der Waals surface area contributed by atoms with Crippen molar-refractivity contribution in [2.24, 2.45) is 0 Å². The van der Waals surface area contributed by atoms with E-state index >= 15 is 0 Å². The fourth-order valence-electron chi connectivity index (χ4n) is 1.10. The first-order valence-corrected chi connectivity index (χ1v) is 4.78. The van der Waals surface area contributed by atoms with Crippen LogP contribution in [0.4, 0.5) is 0 Å². The molecule has 5 nitrogen and oxygen atoms in total. The molecular formula is C11H13NO4. The molecule has 0 saturated heterocycles. The highest BCUT2D eigenvalue weighted by Gasteiger charge is 2.14. The van der Waals surface area contributed by atoms with E-state index in [9.17, 15) is 9.59 Å². The van der Waals surface area contributed by atoms with Crippen LogP contribution in [0.1, 0.15) is 22.8 Å². The fraction of sp³-hybridized carbons (Fsp3) is 0.273. The van der Waals surface area contributed by atoms with E-state index in [0.717, 1.165) is 0 Å². The summed E-state index contributed by atoms with van der Waals surface area (Å²) in [7, 11) is 0. The summed E-state index contributed by atoms with van der Waals surface area (Å²) in [6, 6.07) is 5.37. The number of carboxylic acid groups (broad SMARTS) is 1. The molecular weight excluding hydrogens is 210 g/mol. The topological polar surface area (TPSA) is 86.6 Å². The van der Waals surface area contributed by atoms with E-state index in [4.69, 9.17) is 10.2 Å². The van der Waals surface area contributed by atoms with E-state index in [1.54, 1.807) is 12.1 Å². The van der Waals surface area contributed by atoms with Gasteiger partial charge in [0.2, 0.25) is 0 Å². The zero-order chi connectivity index (χ0) is 12.1. The number of rotatable bonds is 4. The Morgan fingerprint density at radius 1 is 1.31 bits per heavy atom. The average molecular weight is 223 g/mol.